The first-order valence-corrected chi connectivity index (χ1v) is 8.86. The van der Waals surface area contributed by atoms with E-state index in [9.17, 15) is 0 Å². The number of aromatic nitrogens is 2. The Morgan fingerprint density at radius 1 is 1.00 bits per heavy atom. The fourth-order valence-corrected chi connectivity index (χ4v) is 3.36. The summed E-state index contributed by atoms with van der Waals surface area (Å²) in [6.45, 7) is 2.80. The van der Waals surface area contributed by atoms with Gasteiger partial charge in [-0.05, 0) is 23.8 Å². The van der Waals surface area contributed by atoms with Gasteiger partial charge in [0.2, 0.25) is 0 Å². The average Bonchev–Trinajstić information content (AvgIpc) is 2.67. The Bertz CT molecular complexity index is 1110. The maximum absolute atomic E-state index is 6.29. The number of ether oxygens (including phenoxy) is 1. The molecule has 4 rings (SSSR count). The van der Waals surface area contributed by atoms with Crippen molar-refractivity contribution in [1.82, 2.24) is 9.97 Å². The Balaban J connectivity index is 2.02. The van der Waals surface area contributed by atoms with Crippen LogP contribution in [-0.2, 0) is 0 Å². The Hall–Kier alpha value is -2.85. The fraction of sp³-hybridized carbons (Fsp3) is 0.143. The van der Waals surface area contributed by atoms with Gasteiger partial charge in [-0.3, -0.25) is 0 Å². The molecule has 1 aromatic heterocycles. The van der Waals surface area contributed by atoms with Gasteiger partial charge in [-0.15, -0.1) is 0 Å². The van der Waals surface area contributed by atoms with Crippen LogP contribution in [0.5, 0.6) is 5.75 Å². The highest BCUT2D eigenvalue weighted by molar-refractivity contribution is 6.32. The summed E-state index contributed by atoms with van der Waals surface area (Å²) in [4.78, 5) is 9.67. The van der Waals surface area contributed by atoms with E-state index >= 15 is 0 Å². The Kier molecular flexibility index (Phi) is 4.35. The summed E-state index contributed by atoms with van der Waals surface area (Å²) < 4.78 is 5.31. The summed E-state index contributed by atoms with van der Waals surface area (Å²) in [5, 5.41) is 6.17. The van der Waals surface area contributed by atoms with Gasteiger partial charge in [0.25, 0.3) is 0 Å². The minimum Gasteiger partial charge on any atom is -0.495 e. The first-order chi connectivity index (χ1) is 12.7. The zero-order valence-electron chi connectivity index (χ0n) is 14.6. The molecule has 0 amide bonds. The molecular formula is C21H18ClN3O. The van der Waals surface area contributed by atoms with E-state index in [-0.39, 0.29) is 0 Å². The molecule has 1 N–H and O–H groups in total. The minimum absolute atomic E-state index is 0.523. The molecule has 3 aromatic carbocycles. The highest BCUT2D eigenvalue weighted by atomic mass is 35.5. The summed E-state index contributed by atoms with van der Waals surface area (Å²) in [6.07, 6.45) is 0. The predicted molar refractivity (Wildman–Crippen MR) is 108 cm³/mol. The number of nitrogens with zero attached hydrogens (tertiary/aromatic N) is 2. The van der Waals surface area contributed by atoms with Crippen molar-refractivity contribution in [2.24, 2.45) is 0 Å². The maximum Gasteiger partial charge on any atom is 0.153 e. The smallest absolute Gasteiger partial charge is 0.153 e. The first-order valence-electron chi connectivity index (χ1n) is 8.48. The van der Waals surface area contributed by atoms with E-state index in [0.717, 1.165) is 40.0 Å². The van der Waals surface area contributed by atoms with Crippen LogP contribution >= 0.6 is 11.6 Å². The Morgan fingerprint density at radius 3 is 2.58 bits per heavy atom. The van der Waals surface area contributed by atoms with Gasteiger partial charge in [0.1, 0.15) is 11.4 Å². The second kappa shape index (κ2) is 6.81. The minimum atomic E-state index is 0.523. The highest BCUT2D eigenvalue weighted by Gasteiger charge is 2.15. The summed E-state index contributed by atoms with van der Waals surface area (Å²) in [7, 11) is 1.59. The third-order valence-corrected chi connectivity index (χ3v) is 4.62. The number of rotatable bonds is 4. The van der Waals surface area contributed by atoms with Crippen LogP contribution in [-0.4, -0.2) is 23.6 Å². The molecule has 0 fully saturated rings. The third kappa shape index (κ3) is 2.82. The van der Waals surface area contributed by atoms with Crippen molar-refractivity contribution in [3.63, 3.8) is 0 Å². The fourth-order valence-electron chi connectivity index (χ4n) is 3.12. The second-order valence-electron chi connectivity index (χ2n) is 5.95. The van der Waals surface area contributed by atoms with Gasteiger partial charge in [0, 0.05) is 18.2 Å². The molecule has 0 spiro atoms. The van der Waals surface area contributed by atoms with Crippen LogP contribution in [0.1, 0.15) is 6.92 Å². The molecule has 0 bridgehead atoms. The van der Waals surface area contributed by atoms with E-state index in [4.69, 9.17) is 26.3 Å². The summed E-state index contributed by atoms with van der Waals surface area (Å²) in [5.41, 5.74) is 3.34. The molecule has 1 heterocycles. The lowest BCUT2D eigenvalue weighted by molar-refractivity contribution is 0.415. The second-order valence-corrected chi connectivity index (χ2v) is 6.36. The largest absolute Gasteiger partial charge is 0.495 e. The lowest BCUT2D eigenvalue weighted by Crippen LogP contribution is -2.04. The van der Waals surface area contributed by atoms with Crippen LogP contribution < -0.4 is 10.1 Å². The van der Waals surface area contributed by atoms with E-state index in [1.807, 2.05) is 31.2 Å². The molecule has 0 atom stereocenters. The van der Waals surface area contributed by atoms with Gasteiger partial charge in [-0.25, -0.2) is 9.97 Å². The first kappa shape index (κ1) is 16.6. The third-order valence-electron chi connectivity index (χ3n) is 4.33. The molecule has 0 saturated carbocycles. The highest BCUT2D eigenvalue weighted by Crippen LogP contribution is 2.35. The molecule has 0 aliphatic rings. The standard InChI is InChI=1S/C21H18ClN3O/c1-3-23-21-20(15-10-6-8-13-7-4-5-9-14(13)15)24-17-11-16(22)19(26-2)12-18(17)25-21/h4-12H,3H2,1-2H3,(H,23,25). The number of anilines is 1. The van der Waals surface area contributed by atoms with E-state index < -0.39 is 0 Å². The molecular weight excluding hydrogens is 346 g/mol. The SMILES string of the molecule is CCNc1nc2cc(OC)c(Cl)cc2nc1-c1cccc2ccccc12. The molecule has 5 heteroatoms. The molecule has 4 nitrogen and oxygen atoms in total. The molecule has 130 valence electrons. The van der Waals surface area contributed by atoms with Gasteiger partial charge in [0.05, 0.1) is 23.2 Å². The van der Waals surface area contributed by atoms with Gasteiger partial charge in [0.15, 0.2) is 5.82 Å². The maximum atomic E-state index is 6.29. The number of benzene rings is 3. The van der Waals surface area contributed by atoms with E-state index in [1.165, 1.54) is 5.39 Å². The van der Waals surface area contributed by atoms with Crippen LogP contribution in [0.25, 0.3) is 33.1 Å². The lowest BCUT2D eigenvalue weighted by atomic mass is 10.0. The molecule has 0 aliphatic heterocycles. The summed E-state index contributed by atoms with van der Waals surface area (Å²) >= 11 is 6.29. The van der Waals surface area contributed by atoms with Crippen LogP contribution in [0.4, 0.5) is 5.82 Å². The number of methoxy groups -OCH3 is 1. The predicted octanol–water partition coefficient (Wildman–Crippen LogP) is 5.54. The lowest BCUT2D eigenvalue weighted by Gasteiger charge is -2.13. The van der Waals surface area contributed by atoms with Crippen molar-refractivity contribution in [1.29, 1.82) is 0 Å². The van der Waals surface area contributed by atoms with Crippen molar-refractivity contribution < 1.29 is 4.74 Å². The van der Waals surface area contributed by atoms with Crippen molar-refractivity contribution in [3.8, 4) is 17.0 Å². The topological polar surface area (TPSA) is 47.0 Å². The normalized spacial score (nSPS) is 11.0. The molecule has 0 saturated heterocycles. The summed E-state index contributed by atoms with van der Waals surface area (Å²) in [6, 6.07) is 18.1. The van der Waals surface area contributed by atoms with Gasteiger partial charge >= 0.3 is 0 Å². The zero-order valence-corrected chi connectivity index (χ0v) is 15.3. The van der Waals surface area contributed by atoms with Crippen molar-refractivity contribution >= 4 is 39.2 Å². The van der Waals surface area contributed by atoms with E-state index in [1.54, 1.807) is 13.2 Å². The Morgan fingerprint density at radius 2 is 1.77 bits per heavy atom. The zero-order chi connectivity index (χ0) is 18.1. The molecule has 26 heavy (non-hydrogen) atoms. The van der Waals surface area contributed by atoms with Crippen molar-refractivity contribution in [2.75, 3.05) is 19.0 Å². The number of fused-ring (bicyclic) bond motifs is 2. The number of hydrogen-bond acceptors (Lipinski definition) is 4. The van der Waals surface area contributed by atoms with Gasteiger partial charge < -0.3 is 10.1 Å². The average molecular weight is 364 g/mol. The van der Waals surface area contributed by atoms with Crippen molar-refractivity contribution in [3.05, 3.63) is 59.6 Å². The monoisotopic (exact) mass is 363 g/mol. The van der Waals surface area contributed by atoms with Crippen LogP contribution in [0.15, 0.2) is 54.6 Å². The van der Waals surface area contributed by atoms with Gasteiger partial charge in [-0.2, -0.15) is 0 Å². The molecule has 0 aliphatic carbocycles. The van der Waals surface area contributed by atoms with Gasteiger partial charge in [-0.1, -0.05) is 54.1 Å². The van der Waals surface area contributed by atoms with E-state index in [2.05, 4.69) is 29.6 Å². The van der Waals surface area contributed by atoms with Crippen molar-refractivity contribution in [2.45, 2.75) is 6.92 Å². The van der Waals surface area contributed by atoms with Crippen LogP contribution in [0.3, 0.4) is 0 Å². The summed E-state index contributed by atoms with van der Waals surface area (Å²) in [5.74, 6) is 1.34. The Labute approximate surface area is 156 Å². The quantitative estimate of drug-likeness (QED) is 0.516. The number of hydrogen-bond donors (Lipinski definition) is 1. The molecule has 4 aromatic rings. The van der Waals surface area contributed by atoms with Crippen LogP contribution in [0, 0.1) is 0 Å². The van der Waals surface area contributed by atoms with E-state index in [0.29, 0.717) is 10.8 Å². The molecule has 0 unspecified atom stereocenters. The van der Waals surface area contributed by atoms with Crippen LogP contribution in [0.2, 0.25) is 5.02 Å². The number of halogens is 1. The molecule has 0 radical (unpaired) electrons. The number of nitrogens with one attached hydrogen (secondary N) is 1.